The molecule has 10 heavy (non-hydrogen) atoms. The molecule has 0 aliphatic heterocycles. The molecule has 3 heteroatoms. The van der Waals surface area contributed by atoms with Crippen LogP contribution in [0.4, 0.5) is 5.69 Å². The van der Waals surface area contributed by atoms with Crippen LogP contribution < -0.4 is 5.73 Å². The van der Waals surface area contributed by atoms with Crippen molar-refractivity contribution in [2.45, 2.75) is 12.3 Å². The zero-order valence-corrected chi connectivity index (χ0v) is 7.35. The van der Waals surface area contributed by atoms with Crippen LogP contribution in [0.2, 0.25) is 0 Å². The van der Waals surface area contributed by atoms with Gasteiger partial charge in [-0.25, -0.2) is 0 Å². The maximum atomic E-state index is 5.50. The molecule has 0 saturated carbocycles. The monoisotopic (exact) mass is 200 g/mol. The second-order valence-corrected chi connectivity index (χ2v) is 2.73. The molecule has 0 bridgehead atoms. The standard InChI is InChI=1S/C7H9BrN2/c1-5-2-6(9)4-10-7(5)3-8/h2,4H,3,9H2,1H3. The van der Waals surface area contributed by atoms with Crippen molar-refractivity contribution in [3.8, 4) is 0 Å². The van der Waals surface area contributed by atoms with Crippen LogP contribution >= 0.6 is 15.9 Å². The predicted octanol–water partition coefficient (Wildman–Crippen LogP) is 1.87. The highest BCUT2D eigenvalue weighted by Crippen LogP contribution is 2.11. The van der Waals surface area contributed by atoms with Crippen molar-refractivity contribution in [3.63, 3.8) is 0 Å². The Morgan fingerprint density at radius 1 is 1.70 bits per heavy atom. The van der Waals surface area contributed by atoms with Gasteiger partial charge in [-0.2, -0.15) is 0 Å². The highest BCUT2D eigenvalue weighted by Gasteiger charge is 1.96. The number of nitrogens with two attached hydrogens (primary N) is 1. The van der Waals surface area contributed by atoms with Crippen molar-refractivity contribution >= 4 is 21.6 Å². The lowest BCUT2D eigenvalue weighted by molar-refractivity contribution is 1.14. The summed E-state index contributed by atoms with van der Waals surface area (Å²) in [6.45, 7) is 2.00. The Morgan fingerprint density at radius 3 is 2.90 bits per heavy atom. The number of hydrogen-bond acceptors (Lipinski definition) is 2. The molecule has 0 fully saturated rings. The maximum absolute atomic E-state index is 5.50. The Kier molecular flexibility index (Phi) is 2.27. The average Bonchev–Trinajstić information content (AvgIpc) is 1.88. The lowest BCUT2D eigenvalue weighted by Gasteiger charge is -2.00. The molecule has 1 aromatic rings. The zero-order chi connectivity index (χ0) is 7.56. The average molecular weight is 201 g/mol. The van der Waals surface area contributed by atoms with Gasteiger partial charge in [-0.05, 0) is 18.6 Å². The topological polar surface area (TPSA) is 38.9 Å². The van der Waals surface area contributed by atoms with Crippen molar-refractivity contribution in [2.24, 2.45) is 0 Å². The van der Waals surface area contributed by atoms with Crippen molar-refractivity contribution in [2.75, 3.05) is 5.73 Å². The first-order valence-electron chi connectivity index (χ1n) is 3.01. The molecule has 1 heterocycles. The van der Waals surface area contributed by atoms with Crippen molar-refractivity contribution < 1.29 is 0 Å². The lowest BCUT2D eigenvalue weighted by atomic mass is 10.2. The number of aromatic nitrogens is 1. The number of hydrogen-bond donors (Lipinski definition) is 1. The molecule has 0 aliphatic rings. The van der Waals surface area contributed by atoms with Gasteiger partial charge in [0.25, 0.3) is 0 Å². The number of rotatable bonds is 1. The van der Waals surface area contributed by atoms with Crippen LogP contribution in [0.1, 0.15) is 11.3 Å². The Labute approximate surface area is 68.6 Å². The summed E-state index contributed by atoms with van der Waals surface area (Å²) in [6, 6.07) is 1.92. The number of aryl methyl sites for hydroxylation is 1. The van der Waals surface area contributed by atoms with Gasteiger partial charge in [-0.3, -0.25) is 4.98 Å². The van der Waals surface area contributed by atoms with Gasteiger partial charge < -0.3 is 5.73 Å². The number of halogens is 1. The highest BCUT2D eigenvalue weighted by atomic mass is 79.9. The number of anilines is 1. The fourth-order valence-electron chi connectivity index (χ4n) is 0.765. The summed E-state index contributed by atoms with van der Waals surface area (Å²) in [5.74, 6) is 0. The van der Waals surface area contributed by atoms with E-state index in [1.165, 1.54) is 0 Å². The van der Waals surface area contributed by atoms with E-state index in [4.69, 9.17) is 5.73 Å². The first kappa shape index (κ1) is 7.54. The quantitative estimate of drug-likeness (QED) is 0.704. The molecule has 0 radical (unpaired) electrons. The van der Waals surface area contributed by atoms with Crippen molar-refractivity contribution in [1.29, 1.82) is 0 Å². The van der Waals surface area contributed by atoms with Gasteiger partial charge >= 0.3 is 0 Å². The van der Waals surface area contributed by atoms with Crippen LogP contribution in [-0.4, -0.2) is 4.98 Å². The van der Waals surface area contributed by atoms with E-state index >= 15 is 0 Å². The predicted molar refractivity (Wildman–Crippen MR) is 46.0 cm³/mol. The summed E-state index contributed by atoms with van der Waals surface area (Å²) in [6.07, 6.45) is 1.67. The first-order chi connectivity index (χ1) is 4.74. The highest BCUT2D eigenvalue weighted by molar-refractivity contribution is 9.08. The molecular weight excluding hydrogens is 192 g/mol. The Balaban J connectivity index is 3.07. The van der Waals surface area contributed by atoms with Crippen LogP contribution in [0.25, 0.3) is 0 Å². The van der Waals surface area contributed by atoms with Crippen LogP contribution in [0, 0.1) is 6.92 Å². The third-order valence-electron chi connectivity index (χ3n) is 1.33. The molecule has 1 rings (SSSR count). The third-order valence-corrected chi connectivity index (χ3v) is 1.87. The molecule has 54 valence electrons. The number of nitrogen functional groups attached to an aromatic ring is 1. The summed E-state index contributed by atoms with van der Waals surface area (Å²) in [4.78, 5) is 4.12. The molecule has 0 unspecified atom stereocenters. The molecule has 0 amide bonds. The van der Waals surface area contributed by atoms with Crippen LogP contribution in [0.5, 0.6) is 0 Å². The van der Waals surface area contributed by atoms with E-state index in [9.17, 15) is 0 Å². The normalized spacial score (nSPS) is 9.80. The van der Waals surface area contributed by atoms with Crippen molar-refractivity contribution in [1.82, 2.24) is 4.98 Å². The lowest BCUT2D eigenvalue weighted by Crippen LogP contribution is -1.93. The van der Waals surface area contributed by atoms with E-state index in [-0.39, 0.29) is 0 Å². The van der Waals surface area contributed by atoms with Gasteiger partial charge in [-0.15, -0.1) is 0 Å². The fraction of sp³-hybridized carbons (Fsp3) is 0.286. The zero-order valence-electron chi connectivity index (χ0n) is 5.76. The van der Waals surface area contributed by atoms with Gasteiger partial charge in [-0.1, -0.05) is 15.9 Å². The molecule has 0 atom stereocenters. The van der Waals surface area contributed by atoms with Gasteiger partial charge in [0.1, 0.15) is 0 Å². The smallest absolute Gasteiger partial charge is 0.0539 e. The Bertz CT molecular complexity index is 235. The minimum atomic E-state index is 0.724. The Hall–Kier alpha value is -0.570. The van der Waals surface area contributed by atoms with E-state index in [0.29, 0.717) is 0 Å². The molecule has 2 nitrogen and oxygen atoms in total. The summed E-state index contributed by atoms with van der Waals surface area (Å²) >= 11 is 3.33. The molecule has 1 aromatic heterocycles. The van der Waals surface area contributed by atoms with Crippen LogP contribution in [0.15, 0.2) is 12.3 Å². The number of alkyl halides is 1. The van der Waals surface area contributed by atoms with Gasteiger partial charge in [0, 0.05) is 5.33 Å². The van der Waals surface area contributed by atoms with Crippen LogP contribution in [0.3, 0.4) is 0 Å². The molecule has 0 aliphatic carbocycles. The fourth-order valence-corrected chi connectivity index (χ4v) is 1.35. The van der Waals surface area contributed by atoms with Gasteiger partial charge in [0.2, 0.25) is 0 Å². The molecule has 0 saturated heterocycles. The second-order valence-electron chi connectivity index (χ2n) is 2.17. The molecular formula is C7H9BrN2. The summed E-state index contributed by atoms with van der Waals surface area (Å²) in [7, 11) is 0. The third kappa shape index (κ3) is 1.48. The minimum Gasteiger partial charge on any atom is -0.397 e. The molecule has 2 N–H and O–H groups in total. The van der Waals surface area contributed by atoms with E-state index in [1.54, 1.807) is 6.20 Å². The minimum absolute atomic E-state index is 0.724. The van der Waals surface area contributed by atoms with Gasteiger partial charge in [0.05, 0.1) is 17.6 Å². The molecule has 0 spiro atoms. The summed E-state index contributed by atoms with van der Waals surface area (Å²) in [5.41, 5.74) is 8.41. The van der Waals surface area contributed by atoms with Crippen molar-refractivity contribution in [3.05, 3.63) is 23.5 Å². The first-order valence-corrected chi connectivity index (χ1v) is 4.13. The van der Waals surface area contributed by atoms with E-state index < -0.39 is 0 Å². The van der Waals surface area contributed by atoms with Crippen LogP contribution in [-0.2, 0) is 5.33 Å². The Morgan fingerprint density at radius 2 is 2.40 bits per heavy atom. The van der Waals surface area contributed by atoms with E-state index in [1.807, 2.05) is 13.0 Å². The number of nitrogens with zero attached hydrogens (tertiary/aromatic N) is 1. The SMILES string of the molecule is Cc1cc(N)cnc1CBr. The maximum Gasteiger partial charge on any atom is 0.0539 e. The largest absolute Gasteiger partial charge is 0.397 e. The second kappa shape index (κ2) is 3.01. The van der Waals surface area contributed by atoms with E-state index in [2.05, 4.69) is 20.9 Å². The number of pyridine rings is 1. The summed E-state index contributed by atoms with van der Waals surface area (Å²) < 4.78 is 0. The molecule has 0 aromatic carbocycles. The van der Waals surface area contributed by atoms with E-state index in [0.717, 1.165) is 22.3 Å². The summed E-state index contributed by atoms with van der Waals surface area (Å²) in [5, 5.41) is 0.791. The van der Waals surface area contributed by atoms with Gasteiger partial charge in [0.15, 0.2) is 0 Å².